The molecule has 2 aromatic carbocycles. The van der Waals surface area contributed by atoms with E-state index in [1.54, 1.807) is 0 Å². The van der Waals surface area contributed by atoms with Crippen LogP contribution in [0.4, 0.5) is 0 Å². The van der Waals surface area contributed by atoms with Crippen molar-refractivity contribution in [3.05, 3.63) is 70.9 Å². The molecule has 0 radical (unpaired) electrons. The van der Waals surface area contributed by atoms with Crippen LogP contribution in [0.2, 0.25) is 0 Å². The van der Waals surface area contributed by atoms with E-state index in [0.29, 0.717) is 0 Å². The average molecular weight is 350 g/mol. The molecule has 1 N–H and O–H groups in total. The molecule has 1 aliphatic rings. The highest BCUT2D eigenvalue weighted by atomic mass is 32.2. The van der Waals surface area contributed by atoms with E-state index in [-0.39, 0.29) is 0 Å². The minimum absolute atomic E-state index is 0.988. The number of nitrogens with zero attached hydrogens (tertiary/aromatic N) is 2. The van der Waals surface area contributed by atoms with Crippen LogP contribution >= 0.6 is 11.8 Å². The molecule has 0 saturated carbocycles. The Kier molecular flexibility index (Phi) is 5.19. The molecule has 4 rings (SSSR count). The number of nitrogens with one attached hydrogen (secondary N) is 1. The topological polar surface area (TPSA) is 29.9 Å². The molecule has 1 aromatic heterocycles. The molecule has 1 aliphatic heterocycles. The molecule has 0 amide bonds. The number of hydrogen-bond donors (Lipinski definition) is 1. The van der Waals surface area contributed by atoms with Crippen LogP contribution in [-0.4, -0.2) is 22.0 Å². The first-order chi connectivity index (χ1) is 12.4. The molecule has 3 aromatic rings. The van der Waals surface area contributed by atoms with Gasteiger partial charge in [0.2, 0.25) is 0 Å². The SMILES string of the molecule is C(=C1CNCS1)c1ccc2ncn(CCCCc3ccccc3)c2c1. The molecular weight excluding hydrogens is 326 g/mol. The van der Waals surface area contributed by atoms with Gasteiger partial charge in [-0.2, -0.15) is 0 Å². The molecule has 0 bridgehead atoms. The van der Waals surface area contributed by atoms with Crippen LogP contribution in [0.15, 0.2) is 59.8 Å². The highest BCUT2D eigenvalue weighted by molar-refractivity contribution is 8.03. The van der Waals surface area contributed by atoms with Crippen LogP contribution in [0, 0.1) is 0 Å². The summed E-state index contributed by atoms with van der Waals surface area (Å²) in [4.78, 5) is 5.96. The van der Waals surface area contributed by atoms with Gasteiger partial charge in [0.25, 0.3) is 0 Å². The van der Waals surface area contributed by atoms with Gasteiger partial charge < -0.3 is 9.88 Å². The van der Waals surface area contributed by atoms with Gasteiger partial charge in [-0.3, -0.25) is 0 Å². The number of thioether (sulfide) groups is 1. The van der Waals surface area contributed by atoms with E-state index < -0.39 is 0 Å². The highest BCUT2D eigenvalue weighted by Crippen LogP contribution is 2.24. The zero-order valence-electron chi connectivity index (χ0n) is 14.3. The van der Waals surface area contributed by atoms with E-state index in [4.69, 9.17) is 0 Å². The predicted molar refractivity (Wildman–Crippen MR) is 108 cm³/mol. The number of imidazole rings is 1. The van der Waals surface area contributed by atoms with Gasteiger partial charge in [0, 0.05) is 23.9 Å². The fourth-order valence-corrected chi connectivity index (χ4v) is 4.06. The lowest BCUT2D eigenvalue weighted by Gasteiger charge is -2.06. The van der Waals surface area contributed by atoms with Crippen LogP contribution < -0.4 is 5.32 Å². The molecule has 0 unspecified atom stereocenters. The van der Waals surface area contributed by atoms with Crippen molar-refractivity contribution in [2.24, 2.45) is 0 Å². The van der Waals surface area contributed by atoms with Crippen molar-refractivity contribution >= 4 is 28.9 Å². The molecule has 3 nitrogen and oxygen atoms in total. The second-order valence-electron chi connectivity index (χ2n) is 6.45. The summed E-state index contributed by atoms with van der Waals surface area (Å²) in [6.07, 6.45) is 7.79. The van der Waals surface area contributed by atoms with Gasteiger partial charge in [-0.15, -0.1) is 11.8 Å². The van der Waals surface area contributed by atoms with Crippen molar-refractivity contribution < 1.29 is 0 Å². The molecule has 25 heavy (non-hydrogen) atoms. The van der Waals surface area contributed by atoms with Crippen molar-refractivity contribution in [2.45, 2.75) is 25.8 Å². The molecule has 4 heteroatoms. The summed E-state index contributed by atoms with van der Waals surface area (Å²) in [7, 11) is 0. The van der Waals surface area contributed by atoms with Crippen molar-refractivity contribution in [3.63, 3.8) is 0 Å². The van der Waals surface area contributed by atoms with Crippen LogP contribution in [0.3, 0.4) is 0 Å². The summed E-state index contributed by atoms with van der Waals surface area (Å²) in [5.74, 6) is 1.02. The summed E-state index contributed by atoms with van der Waals surface area (Å²) >= 11 is 1.89. The Morgan fingerprint density at radius 2 is 2.04 bits per heavy atom. The number of rotatable bonds is 6. The summed E-state index contributed by atoms with van der Waals surface area (Å²) < 4.78 is 2.29. The van der Waals surface area contributed by atoms with Gasteiger partial charge >= 0.3 is 0 Å². The number of hydrogen-bond acceptors (Lipinski definition) is 3. The number of unbranched alkanes of at least 4 members (excludes halogenated alkanes) is 1. The Balaban J connectivity index is 1.41. The molecule has 0 aliphatic carbocycles. The third-order valence-electron chi connectivity index (χ3n) is 4.59. The lowest BCUT2D eigenvalue weighted by Crippen LogP contribution is -2.04. The second kappa shape index (κ2) is 7.89. The van der Waals surface area contributed by atoms with E-state index in [2.05, 4.69) is 69.5 Å². The van der Waals surface area contributed by atoms with Crippen LogP contribution in [0.1, 0.15) is 24.0 Å². The maximum Gasteiger partial charge on any atom is 0.0958 e. The zero-order valence-corrected chi connectivity index (χ0v) is 15.1. The third kappa shape index (κ3) is 4.14. The van der Waals surface area contributed by atoms with Crippen molar-refractivity contribution in [1.82, 2.24) is 14.9 Å². The minimum Gasteiger partial charge on any atom is -0.331 e. The van der Waals surface area contributed by atoms with Gasteiger partial charge in [0.15, 0.2) is 0 Å². The predicted octanol–water partition coefficient (Wildman–Crippen LogP) is 4.69. The van der Waals surface area contributed by atoms with Gasteiger partial charge in [-0.1, -0.05) is 36.4 Å². The number of aryl methyl sites for hydroxylation is 2. The van der Waals surface area contributed by atoms with Crippen LogP contribution in [-0.2, 0) is 13.0 Å². The van der Waals surface area contributed by atoms with Gasteiger partial charge in [0.05, 0.1) is 17.4 Å². The Hall–Kier alpha value is -2.04. The monoisotopic (exact) mass is 349 g/mol. The lowest BCUT2D eigenvalue weighted by molar-refractivity contribution is 0.621. The quantitative estimate of drug-likeness (QED) is 0.655. The fourth-order valence-electron chi connectivity index (χ4n) is 3.25. The third-order valence-corrected chi connectivity index (χ3v) is 5.57. The van der Waals surface area contributed by atoms with E-state index >= 15 is 0 Å². The lowest BCUT2D eigenvalue weighted by atomic mass is 10.1. The maximum absolute atomic E-state index is 4.55. The summed E-state index contributed by atoms with van der Waals surface area (Å²) in [5, 5.41) is 3.36. The largest absolute Gasteiger partial charge is 0.331 e. The van der Waals surface area contributed by atoms with Crippen molar-refractivity contribution in [1.29, 1.82) is 0 Å². The molecule has 1 fully saturated rings. The molecule has 2 heterocycles. The summed E-state index contributed by atoms with van der Waals surface area (Å²) in [6.45, 7) is 2.01. The van der Waals surface area contributed by atoms with Crippen LogP contribution in [0.25, 0.3) is 17.1 Å². The maximum atomic E-state index is 4.55. The van der Waals surface area contributed by atoms with E-state index in [9.17, 15) is 0 Å². The van der Waals surface area contributed by atoms with E-state index in [0.717, 1.165) is 30.9 Å². The van der Waals surface area contributed by atoms with E-state index in [1.165, 1.54) is 34.4 Å². The summed E-state index contributed by atoms with van der Waals surface area (Å²) in [6, 6.07) is 17.3. The molecular formula is C21H23N3S. The number of benzene rings is 2. The normalized spacial score (nSPS) is 16.1. The van der Waals surface area contributed by atoms with Gasteiger partial charge in [0.1, 0.15) is 0 Å². The Labute approximate surface area is 153 Å². The smallest absolute Gasteiger partial charge is 0.0958 e. The van der Waals surface area contributed by atoms with Crippen LogP contribution in [0.5, 0.6) is 0 Å². The zero-order chi connectivity index (χ0) is 16.9. The second-order valence-corrected chi connectivity index (χ2v) is 7.56. The van der Waals surface area contributed by atoms with Crippen molar-refractivity contribution in [3.8, 4) is 0 Å². The fraction of sp³-hybridized carbons (Fsp3) is 0.286. The number of aromatic nitrogens is 2. The Bertz CT molecular complexity index is 859. The molecule has 0 spiro atoms. The standard InChI is InChI=1S/C21H23N3S/c1-2-6-17(7-3-1)8-4-5-11-24-15-23-20-10-9-18(13-21(20)24)12-19-14-22-16-25-19/h1-3,6-7,9-10,12-13,15,22H,4-5,8,11,14,16H2. The van der Waals surface area contributed by atoms with Gasteiger partial charge in [-0.25, -0.2) is 4.98 Å². The average Bonchev–Trinajstić information content (AvgIpc) is 3.29. The molecule has 128 valence electrons. The molecule has 0 atom stereocenters. The molecule has 1 saturated heterocycles. The first-order valence-corrected chi connectivity index (χ1v) is 9.90. The number of fused-ring (bicyclic) bond motifs is 1. The Morgan fingerprint density at radius 1 is 1.12 bits per heavy atom. The first-order valence-electron chi connectivity index (χ1n) is 8.91. The van der Waals surface area contributed by atoms with E-state index in [1.807, 2.05) is 18.1 Å². The first kappa shape index (κ1) is 16.4. The van der Waals surface area contributed by atoms with Gasteiger partial charge in [-0.05, 0) is 48.6 Å². The Morgan fingerprint density at radius 3 is 2.88 bits per heavy atom. The summed E-state index contributed by atoms with van der Waals surface area (Å²) in [5.41, 5.74) is 5.02. The highest BCUT2D eigenvalue weighted by Gasteiger charge is 2.07. The van der Waals surface area contributed by atoms with Crippen molar-refractivity contribution in [2.75, 3.05) is 12.4 Å². The minimum atomic E-state index is 0.988.